The van der Waals surface area contributed by atoms with E-state index in [0.717, 1.165) is 18.9 Å². The second-order valence-electron chi connectivity index (χ2n) is 7.82. The molecule has 0 spiro atoms. The molecule has 3 N–H and O–H groups in total. The van der Waals surface area contributed by atoms with Crippen LogP contribution in [0.1, 0.15) is 35.6 Å². The summed E-state index contributed by atoms with van der Waals surface area (Å²) < 4.78 is 16.9. The number of carbonyl (C=O) groups excluding carboxylic acids is 1. The van der Waals surface area contributed by atoms with Crippen molar-refractivity contribution in [1.29, 1.82) is 5.26 Å². The van der Waals surface area contributed by atoms with E-state index in [0.29, 0.717) is 25.2 Å². The third kappa shape index (κ3) is 4.48. The number of primary amides is 1. The Morgan fingerprint density at radius 1 is 1.38 bits per heavy atom. The number of halogens is 1. The molecule has 1 amide bonds. The van der Waals surface area contributed by atoms with Gasteiger partial charge in [0.15, 0.2) is 5.82 Å². The number of nitrogens with two attached hydrogens (primary N) is 1. The average Bonchev–Trinajstić information content (AvgIpc) is 3.42. The van der Waals surface area contributed by atoms with Crippen molar-refractivity contribution in [3.8, 4) is 6.07 Å². The Morgan fingerprint density at radius 3 is 2.84 bits per heavy atom. The normalized spacial score (nSPS) is 18.9. The Morgan fingerprint density at radius 2 is 2.16 bits per heavy atom. The van der Waals surface area contributed by atoms with E-state index in [9.17, 15) is 14.4 Å². The fourth-order valence-electron chi connectivity index (χ4n) is 4.08. The molecule has 32 heavy (non-hydrogen) atoms. The van der Waals surface area contributed by atoms with Crippen molar-refractivity contribution in [1.82, 2.24) is 24.2 Å². The van der Waals surface area contributed by atoms with Crippen molar-refractivity contribution in [2.24, 2.45) is 11.7 Å². The smallest absolute Gasteiger partial charge is 0.254 e. The van der Waals surface area contributed by atoms with Gasteiger partial charge in [-0.2, -0.15) is 10.4 Å². The van der Waals surface area contributed by atoms with E-state index < -0.39 is 5.91 Å². The summed E-state index contributed by atoms with van der Waals surface area (Å²) in [6.07, 6.45) is 6.02. The first-order valence-corrected chi connectivity index (χ1v) is 10.5. The summed E-state index contributed by atoms with van der Waals surface area (Å²) in [4.78, 5) is 18.6. The highest BCUT2D eigenvalue weighted by atomic mass is 19.1. The summed E-state index contributed by atoms with van der Waals surface area (Å²) in [6, 6.07) is 7.94. The highest BCUT2D eigenvalue weighted by molar-refractivity contribution is 5.98. The number of piperidine rings is 1. The van der Waals surface area contributed by atoms with Gasteiger partial charge in [0.05, 0.1) is 24.6 Å². The van der Waals surface area contributed by atoms with Crippen molar-refractivity contribution >= 4 is 17.4 Å². The molecule has 1 aliphatic rings. The van der Waals surface area contributed by atoms with Crippen LogP contribution in [0.4, 0.5) is 15.9 Å². The first-order chi connectivity index (χ1) is 15.5. The summed E-state index contributed by atoms with van der Waals surface area (Å²) in [6.45, 7) is 4.94. The molecule has 1 aromatic carbocycles. The molecule has 2 aromatic heterocycles. The molecule has 166 valence electrons. The van der Waals surface area contributed by atoms with Crippen molar-refractivity contribution < 1.29 is 9.18 Å². The number of hydrogen-bond donors (Lipinski definition) is 2. The molecule has 0 radical (unpaired) electrons. The molecule has 0 saturated carbocycles. The number of rotatable bonds is 7. The Balaban J connectivity index is 1.52. The topological polar surface area (TPSA) is 118 Å². The SMILES string of the molecule is CCn1ccnc1CN1CC[C@H](n2cc(C(N)=O)c(Nc3ccc(F)cc3)n2)[C@H](C#N)C1. The largest absolute Gasteiger partial charge is 0.365 e. The number of aryl methyl sites for hydroxylation is 1. The quantitative estimate of drug-likeness (QED) is 0.588. The van der Waals surface area contributed by atoms with Gasteiger partial charge in [-0.25, -0.2) is 9.37 Å². The summed E-state index contributed by atoms with van der Waals surface area (Å²) in [5.74, 6) is -0.0377. The van der Waals surface area contributed by atoms with Gasteiger partial charge in [-0.05, 0) is 37.6 Å². The number of anilines is 2. The zero-order chi connectivity index (χ0) is 22.7. The van der Waals surface area contributed by atoms with E-state index in [2.05, 4.69) is 37.9 Å². The maximum absolute atomic E-state index is 13.2. The molecular weight excluding hydrogens is 411 g/mol. The first-order valence-electron chi connectivity index (χ1n) is 10.5. The van der Waals surface area contributed by atoms with Gasteiger partial charge in [0, 0.05) is 43.9 Å². The highest BCUT2D eigenvalue weighted by Gasteiger charge is 2.32. The van der Waals surface area contributed by atoms with Crippen LogP contribution in [0.15, 0.2) is 42.9 Å². The highest BCUT2D eigenvalue weighted by Crippen LogP contribution is 2.30. The van der Waals surface area contributed by atoms with Crippen LogP contribution in [0, 0.1) is 23.1 Å². The Labute approximate surface area is 185 Å². The van der Waals surface area contributed by atoms with Crippen LogP contribution in [-0.4, -0.2) is 43.2 Å². The van der Waals surface area contributed by atoms with Gasteiger partial charge in [-0.15, -0.1) is 0 Å². The zero-order valence-electron chi connectivity index (χ0n) is 17.8. The number of nitrogens with one attached hydrogen (secondary N) is 1. The molecule has 9 nitrogen and oxygen atoms in total. The summed E-state index contributed by atoms with van der Waals surface area (Å²) >= 11 is 0. The van der Waals surface area contributed by atoms with Crippen LogP contribution in [0.3, 0.4) is 0 Å². The zero-order valence-corrected chi connectivity index (χ0v) is 17.8. The minimum atomic E-state index is -0.627. The maximum atomic E-state index is 13.2. The van der Waals surface area contributed by atoms with Crippen LogP contribution in [0.25, 0.3) is 0 Å². The minimum absolute atomic E-state index is 0.191. The maximum Gasteiger partial charge on any atom is 0.254 e. The number of hydrogen-bond acceptors (Lipinski definition) is 6. The predicted molar refractivity (Wildman–Crippen MR) is 116 cm³/mol. The van der Waals surface area contributed by atoms with Crippen molar-refractivity contribution in [3.05, 3.63) is 60.1 Å². The van der Waals surface area contributed by atoms with Crippen molar-refractivity contribution in [3.63, 3.8) is 0 Å². The lowest BCUT2D eigenvalue weighted by Crippen LogP contribution is -2.41. The summed E-state index contributed by atoms with van der Waals surface area (Å²) in [5.41, 5.74) is 6.35. The van der Waals surface area contributed by atoms with Gasteiger partial charge < -0.3 is 15.6 Å². The molecule has 2 atom stereocenters. The van der Waals surface area contributed by atoms with E-state index in [1.165, 1.54) is 12.1 Å². The molecule has 0 unspecified atom stereocenters. The molecule has 0 bridgehead atoms. The second-order valence-corrected chi connectivity index (χ2v) is 7.82. The summed E-state index contributed by atoms with van der Waals surface area (Å²) in [5, 5.41) is 17.4. The molecule has 4 rings (SSSR count). The number of nitrogens with zero attached hydrogens (tertiary/aromatic N) is 6. The van der Waals surface area contributed by atoms with Gasteiger partial charge in [0.25, 0.3) is 5.91 Å². The van der Waals surface area contributed by atoms with Gasteiger partial charge in [-0.1, -0.05) is 0 Å². The lowest BCUT2D eigenvalue weighted by atomic mass is 9.93. The third-order valence-corrected chi connectivity index (χ3v) is 5.78. The molecule has 1 aliphatic heterocycles. The van der Waals surface area contributed by atoms with Gasteiger partial charge >= 0.3 is 0 Å². The van der Waals surface area contributed by atoms with E-state index in [1.807, 2.05) is 6.20 Å². The van der Waals surface area contributed by atoms with Gasteiger partial charge in [0.1, 0.15) is 17.2 Å². The number of likely N-dealkylation sites (tertiary alicyclic amines) is 1. The van der Waals surface area contributed by atoms with E-state index in [4.69, 9.17) is 5.73 Å². The number of carbonyl (C=O) groups is 1. The number of benzene rings is 1. The number of amides is 1. The fourth-order valence-corrected chi connectivity index (χ4v) is 4.08. The molecule has 10 heteroatoms. The number of imidazole rings is 1. The second kappa shape index (κ2) is 9.20. The fraction of sp³-hybridized carbons (Fsp3) is 0.364. The van der Waals surface area contributed by atoms with Crippen LogP contribution < -0.4 is 11.1 Å². The average molecular weight is 436 g/mol. The standard InChI is InChI=1S/C22H25FN8O/c1-2-30-10-8-26-20(30)14-29-9-7-19(15(11-24)12-29)31-13-18(21(25)32)22(28-31)27-17-5-3-16(23)4-6-17/h3-6,8,10,13,15,19H,2,7,9,12,14H2,1H3,(H2,25,32)(H,27,28)/t15-,19+/m1/s1. The monoisotopic (exact) mass is 436 g/mol. The predicted octanol–water partition coefficient (Wildman–Crippen LogP) is 2.67. The molecule has 3 heterocycles. The lowest BCUT2D eigenvalue weighted by Gasteiger charge is -2.35. The molecule has 1 fully saturated rings. The van der Waals surface area contributed by atoms with Gasteiger partial charge in [0.2, 0.25) is 0 Å². The van der Waals surface area contributed by atoms with Crippen LogP contribution in [-0.2, 0) is 13.1 Å². The van der Waals surface area contributed by atoms with E-state index >= 15 is 0 Å². The molecule has 3 aromatic rings. The summed E-state index contributed by atoms with van der Waals surface area (Å²) in [7, 11) is 0. The number of nitriles is 1. The van der Waals surface area contributed by atoms with Gasteiger partial charge in [-0.3, -0.25) is 14.4 Å². The number of aromatic nitrogens is 4. The lowest BCUT2D eigenvalue weighted by molar-refractivity contribution is 0.1000. The Hall–Kier alpha value is -3.71. The molecular formula is C22H25FN8O. The third-order valence-electron chi connectivity index (χ3n) is 5.78. The van der Waals surface area contributed by atoms with Crippen LogP contribution in [0.5, 0.6) is 0 Å². The Kier molecular flexibility index (Phi) is 6.18. The van der Waals surface area contributed by atoms with Crippen molar-refractivity contribution in [2.45, 2.75) is 32.5 Å². The van der Waals surface area contributed by atoms with Crippen LogP contribution in [0.2, 0.25) is 0 Å². The molecule has 0 aliphatic carbocycles. The van der Waals surface area contributed by atoms with Crippen LogP contribution >= 0.6 is 0 Å². The Bertz CT molecular complexity index is 1130. The first kappa shape index (κ1) is 21.5. The molecule has 1 saturated heterocycles. The minimum Gasteiger partial charge on any atom is -0.365 e. The van der Waals surface area contributed by atoms with E-state index in [-0.39, 0.29) is 29.2 Å². The van der Waals surface area contributed by atoms with E-state index in [1.54, 1.807) is 29.2 Å². The van der Waals surface area contributed by atoms with Crippen molar-refractivity contribution in [2.75, 3.05) is 18.4 Å².